The van der Waals surface area contributed by atoms with Gasteiger partial charge in [-0.25, -0.2) is 0 Å². The van der Waals surface area contributed by atoms with E-state index in [4.69, 9.17) is 0 Å². The molecule has 1 aromatic carbocycles. The maximum atomic E-state index is 11.2. The van der Waals surface area contributed by atoms with Gasteiger partial charge in [-0.3, -0.25) is 14.8 Å². The lowest BCUT2D eigenvalue weighted by molar-refractivity contribution is -0.384. The number of nitro benzene ring substituents is 1. The molecule has 1 aromatic heterocycles. The molecule has 3 rings (SSSR count). The van der Waals surface area contributed by atoms with Crippen molar-refractivity contribution in [3.8, 4) is 11.3 Å². The van der Waals surface area contributed by atoms with Gasteiger partial charge in [0.15, 0.2) is 0 Å². The van der Waals surface area contributed by atoms with Crippen molar-refractivity contribution in [2.75, 3.05) is 11.9 Å². The summed E-state index contributed by atoms with van der Waals surface area (Å²) in [7, 11) is 3.74. The molecule has 0 N–H and O–H groups in total. The van der Waals surface area contributed by atoms with Gasteiger partial charge in [0.25, 0.3) is 5.69 Å². The number of nitrogens with zero attached hydrogens (tertiary/aromatic N) is 4. The highest BCUT2D eigenvalue weighted by molar-refractivity contribution is 5.87. The molecule has 2 aromatic rings. The fraction of sp³-hybridized carbons (Fsp3) is 0.308. The zero-order valence-corrected chi connectivity index (χ0v) is 11.0. The van der Waals surface area contributed by atoms with E-state index in [9.17, 15) is 10.1 Å². The molecule has 1 aliphatic rings. The number of anilines is 1. The normalized spacial score (nSPS) is 17.0. The molecule has 0 spiro atoms. The van der Waals surface area contributed by atoms with Crippen LogP contribution in [-0.4, -0.2) is 21.8 Å². The molecule has 19 heavy (non-hydrogen) atoms. The highest BCUT2D eigenvalue weighted by atomic mass is 16.6. The molecule has 0 saturated heterocycles. The predicted octanol–water partition coefficient (Wildman–Crippen LogP) is 2.51. The molecule has 0 amide bonds. The Balaban J connectivity index is 2.35. The van der Waals surface area contributed by atoms with Crippen LogP contribution in [0.2, 0.25) is 0 Å². The fourth-order valence-electron chi connectivity index (χ4n) is 2.66. The summed E-state index contributed by atoms with van der Waals surface area (Å²) in [5.41, 5.74) is 3.53. The maximum Gasteiger partial charge on any atom is 0.293 e. The van der Waals surface area contributed by atoms with Crippen LogP contribution < -0.4 is 4.90 Å². The summed E-state index contributed by atoms with van der Waals surface area (Å²) in [4.78, 5) is 12.8. The highest BCUT2D eigenvalue weighted by Gasteiger charge is 2.33. The predicted molar refractivity (Wildman–Crippen MR) is 72.1 cm³/mol. The lowest BCUT2D eigenvalue weighted by atomic mass is 9.94. The van der Waals surface area contributed by atoms with Crippen molar-refractivity contribution >= 4 is 11.4 Å². The maximum absolute atomic E-state index is 11.2. The fourth-order valence-corrected chi connectivity index (χ4v) is 2.66. The van der Waals surface area contributed by atoms with Crippen LogP contribution >= 0.6 is 0 Å². The van der Waals surface area contributed by atoms with E-state index in [-0.39, 0.29) is 16.7 Å². The Morgan fingerprint density at radius 3 is 2.79 bits per heavy atom. The van der Waals surface area contributed by atoms with E-state index < -0.39 is 0 Å². The van der Waals surface area contributed by atoms with Crippen LogP contribution in [0.3, 0.4) is 0 Å². The first kappa shape index (κ1) is 11.7. The van der Waals surface area contributed by atoms with Crippen molar-refractivity contribution in [1.82, 2.24) is 9.78 Å². The van der Waals surface area contributed by atoms with Crippen molar-refractivity contribution < 1.29 is 4.92 Å². The van der Waals surface area contributed by atoms with Crippen LogP contribution in [0, 0.1) is 10.1 Å². The first-order valence-electron chi connectivity index (χ1n) is 6.05. The number of benzene rings is 1. The summed E-state index contributed by atoms with van der Waals surface area (Å²) in [6, 6.07) is 5.20. The SMILES string of the molecule is CC1c2cn(C)nc2-c2cccc([N+](=O)[O-])c2N1C. The minimum Gasteiger partial charge on any atom is -0.362 e. The summed E-state index contributed by atoms with van der Waals surface area (Å²) in [6.45, 7) is 2.03. The van der Waals surface area contributed by atoms with Crippen LogP contribution in [0.5, 0.6) is 0 Å². The van der Waals surface area contributed by atoms with Gasteiger partial charge in [0.2, 0.25) is 0 Å². The van der Waals surface area contributed by atoms with Crippen LogP contribution in [0.15, 0.2) is 24.4 Å². The van der Waals surface area contributed by atoms with Gasteiger partial charge in [0.1, 0.15) is 5.69 Å². The molecule has 0 saturated carbocycles. The van der Waals surface area contributed by atoms with E-state index in [0.29, 0.717) is 5.69 Å². The summed E-state index contributed by atoms with van der Waals surface area (Å²) >= 11 is 0. The van der Waals surface area contributed by atoms with Crippen LogP contribution in [0.1, 0.15) is 18.5 Å². The standard InChI is InChI=1S/C13H14N4O2/c1-8-10-7-15(2)14-12(10)9-5-4-6-11(17(18)19)13(9)16(8)3/h4-8H,1-3H3. The Morgan fingerprint density at radius 1 is 1.37 bits per heavy atom. The molecule has 6 nitrogen and oxygen atoms in total. The van der Waals surface area contributed by atoms with E-state index in [1.165, 1.54) is 6.07 Å². The molecule has 0 radical (unpaired) electrons. The first-order valence-corrected chi connectivity index (χ1v) is 6.05. The summed E-state index contributed by atoms with van der Waals surface area (Å²) < 4.78 is 1.75. The van der Waals surface area contributed by atoms with E-state index >= 15 is 0 Å². The quantitative estimate of drug-likeness (QED) is 0.582. The molecule has 1 atom stereocenters. The number of aryl methyl sites for hydroxylation is 1. The molecule has 98 valence electrons. The average molecular weight is 258 g/mol. The molecule has 1 unspecified atom stereocenters. The van der Waals surface area contributed by atoms with Gasteiger partial charge < -0.3 is 4.90 Å². The second-order valence-corrected chi connectivity index (χ2v) is 4.82. The van der Waals surface area contributed by atoms with Crippen molar-refractivity contribution in [2.24, 2.45) is 7.05 Å². The third-order valence-corrected chi connectivity index (χ3v) is 3.71. The molecular formula is C13H14N4O2. The highest BCUT2D eigenvalue weighted by Crippen LogP contribution is 2.46. The number of hydrogen-bond acceptors (Lipinski definition) is 4. The number of fused-ring (bicyclic) bond motifs is 3. The zero-order chi connectivity index (χ0) is 13.7. The van der Waals surface area contributed by atoms with E-state index in [1.807, 2.05) is 38.2 Å². The van der Waals surface area contributed by atoms with Crippen molar-refractivity contribution in [1.29, 1.82) is 0 Å². The van der Waals surface area contributed by atoms with Crippen molar-refractivity contribution in [2.45, 2.75) is 13.0 Å². The van der Waals surface area contributed by atoms with Gasteiger partial charge in [-0.2, -0.15) is 5.10 Å². The Morgan fingerprint density at radius 2 is 2.11 bits per heavy atom. The lowest BCUT2D eigenvalue weighted by Crippen LogP contribution is -2.26. The van der Waals surface area contributed by atoms with Crippen molar-refractivity contribution in [3.05, 3.63) is 40.1 Å². The zero-order valence-electron chi connectivity index (χ0n) is 11.0. The largest absolute Gasteiger partial charge is 0.362 e. The lowest BCUT2D eigenvalue weighted by Gasteiger charge is -2.32. The van der Waals surface area contributed by atoms with Gasteiger partial charge in [-0.1, -0.05) is 12.1 Å². The number of para-hydroxylation sites is 1. The average Bonchev–Trinajstić information content (AvgIpc) is 2.77. The van der Waals surface area contributed by atoms with E-state index in [2.05, 4.69) is 5.10 Å². The van der Waals surface area contributed by atoms with Crippen LogP contribution in [0.25, 0.3) is 11.3 Å². The smallest absolute Gasteiger partial charge is 0.293 e. The summed E-state index contributed by atoms with van der Waals surface area (Å²) in [5, 5.41) is 15.6. The monoisotopic (exact) mass is 258 g/mol. The van der Waals surface area contributed by atoms with Crippen molar-refractivity contribution in [3.63, 3.8) is 0 Å². The summed E-state index contributed by atoms with van der Waals surface area (Å²) in [5.74, 6) is 0. The number of nitro groups is 1. The van der Waals surface area contributed by atoms with E-state index in [1.54, 1.807) is 10.7 Å². The summed E-state index contributed by atoms with van der Waals surface area (Å²) in [6.07, 6.45) is 1.97. The molecule has 0 fully saturated rings. The molecular weight excluding hydrogens is 244 g/mol. The number of aromatic nitrogens is 2. The van der Waals surface area contributed by atoms with Gasteiger partial charge in [0, 0.05) is 37.5 Å². The Bertz CT molecular complexity index is 677. The van der Waals surface area contributed by atoms with E-state index in [0.717, 1.165) is 16.8 Å². The first-order chi connectivity index (χ1) is 9.00. The van der Waals surface area contributed by atoms with Gasteiger partial charge in [-0.05, 0) is 6.92 Å². The number of rotatable bonds is 1. The van der Waals surface area contributed by atoms with Crippen LogP contribution in [0.4, 0.5) is 11.4 Å². The minimum absolute atomic E-state index is 0.0669. The molecule has 6 heteroatoms. The third kappa shape index (κ3) is 1.53. The molecule has 0 bridgehead atoms. The molecule has 2 heterocycles. The van der Waals surface area contributed by atoms with Gasteiger partial charge >= 0.3 is 0 Å². The topological polar surface area (TPSA) is 64.2 Å². The Hall–Kier alpha value is -2.37. The van der Waals surface area contributed by atoms with Gasteiger partial charge in [0.05, 0.1) is 16.7 Å². The molecule has 0 aliphatic carbocycles. The van der Waals surface area contributed by atoms with Gasteiger partial charge in [-0.15, -0.1) is 0 Å². The minimum atomic E-state index is -0.337. The second kappa shape index (κ2) is 3.81. The Labute approximate surface area is 110 Å². The molecule has 1 aliphatic heterocycles. The number of hydrogen-bond donors (Lipinski definition) is 0. The Kier molecular flexibility index (Phi) is 2.35. The third-order valence-electron chi connectivity index (χ3n) is 3.71. The van der Waals surface area contributed by atoms with Crippen LogP contribution in [-0.2, 0) is 7.05 Å². The second-order valence-electron chi connectivity index (χ2n) is 4.82.